The molecule has 12 heavy (non-hydrogen) atoms. The summed E-state index contributed by atoms with van der Waals surface area (Å²) in [7, 11) is 1.63. The second-order valence-electron chi connectivity index (χ2n) is 1.58. The number of hydrogen-bond acceptors (Lipinski definition) is 5. The van der Waals surface area contributed by atoms with Gasteiger partial charge in [0, 0.05) is 0 Å². The Balaban J connectivity index is 0.000000217. The van der Waals surface area contributed by atoms with E-state index in [2.05, 4.69) is 9.72 Å². The van der Waals surface area contributed by atoms with E-state index < -0.39 is 0 Å². The molecule has 0 aromatic carbocycles. The lowest BCUT2D eigenvalue weighted by molar-refractivity contribution is -0.128. The number of aromatic nitrogens is 1. The molecule has 0 aliphatic rings. The summed E-state index contributed by atoms with van der Waals surface area (Å²) in [4.78, 5) is 13.0. The van der Waals surface area contributed by atoms with Crippen LogP contribution in [0, 0.1) is 0 Å². The summed E-state index contributed by atoms with van der Waals surface area (Å²) in [5.41, 5.74) is 1.73. The van der Waals surface area contributed by atoms with E-state index >= 15 is 0 Å². The first-order valence-corrected chi connectivity index (χ1v) is 4.20. The molecule has 5 heteroatoms. The van der Waals surface area contributed by atoms with Crippen LogP contribution in [-0.2, 0) is 9.53 Å². The molecule has 0 amide bonds. The molecule has 0 N–H and O–H groups in total. The molecule has 1 heterocycles. The van der Waals surface area contributed by atoms with E-state index in [1.165, 1.54) is 11.3 Å². The van der Waals surface area contributed by atoms with Crippen LogP contribution in [0.1, 0.15) is 6.92 Å². The minimum absolute atomic E-state index is 0.431. The molecule has 0 radical (unpaired) electrons. The highest BCUT2D eigenvalue weighted by atomic mass is 32.1. The highest BCUT2D eigenvalue weighted by Crippen LogP contribution is 2.13. The highest BCUT2D eigenvalue weighted by Gasteiger charge is 1.84. The Hall–Kier alpha value is -1.10. The summed E-state index contributed by atoms with van der Waals surface area (Å²) in [5.74, 6) is 0. The lowest BCUT2D eigenvalue weighted by atomic mass is 10.9. The third-order valence-corrected chi connectivity index (χ3v) is 1.58. The van der Waals surface area contributed by atoms with Gasteiger partial charge in [-0.3, -0.25) is 4.79 Å². The summed E-state index contributed by atoms with van der Waals surface area (Å²) in [6.45, 7) is 2.66. The van der Waals surface area contributed by atoms with Crippen molar-refractivity contribution in [2.24, 2.45) is 0 Å². The summed E-state index contributed by atoms with van der Waals surface area (Å²) >= 11 is 1.49. The van der Waals surface area contributed by atoms with Gasteiger partial charge in [-0.05, 0) is 6.92 Å². The molecule has 1 aromatic heterocycles. The van der Waals surface area contributed by atoms with Crippen LogP contribution in [0.2, 0.25) is 0 Å². The van der Waals surface area contributed by atoms with E-state index in [0.29, 0.717) is 13.1 Å². The summed E-state index contributed by atoms with van der Waals surface area (Å²) in [5, 5.41) is 0.861. The van der Waals surface area contributed by atoms with Gasteiger partial charge >= 0.3 is 0 Å². The van der Waals surface area contributed by atoms with Crippen molar-refractivity contribution in [3.63, 3.8) is 0 Å². The second kappa shape index (κ2) is 8.00. The summed E-state index contributed by atoms with van der Waals surface area (Å²) < 4.78 is 8.96. The van der Waals surface area contributed by atoms with Gasteiger partial charge in [-0.15, -0.1) is 0 Å². The largest absolute Gasteiger partial charge is 0.486 e. The van der Waals surface area contributed by atoms with Crippen molar-refractivity contribution < 1.29 is 14.3 Å². The molecule has 0 atom stereocenters. The molecule has 68 valence electrons. The third-order valence-electron chi connectivity index (χ3n) is 0.846. The van der Waals surface area contributed by atoms with Gasteiger partial charge in [-0.2, -0.15) is 0 Å². The summed E-state index contributed by atoms with van der Waals surface area (Å²) in [6.07, 6.45) is 1.69. The van der Waals surface area contributed by atoms with Gasteiger partial charge in [0.25, 0.3) is 6.47 Å². The first-order valence-electron chi connectivity index (χ1n) is 3.32. The monoisotopic (exact) mass is 189 g/mol. The Morgan fingerprint density at radius 2 is 2.50 bits per heavy atom. The van der Waals surface area contributed by atoms with Gasteiger partial charge in [0.1, 0.15) is 0 Å². The van der Waals surface area contributed by atoms with Gasteiger partial charge < -0.3 is 9.47 Å². The zero-order valence-corrected chi connectivity index (χ0v) is 7.84. The zero-order valence-electron chi connectivity index (χ0n) is 7.02. The SMILES string of the molecule is CCOC=O.COc1cncs1. The lowest BCUT2D eigenvalue weighted by Gasteiger charge is -1.84. The maximum atomic E-state index is 9.18. The van der Waals surface area contributed by atoms with Crippen LogP contribution in [0.3, 0.4) is 0 Å². The summed E-state index contributed by atoms with van der Waals surface area (Å²) in [6, 6.07) is 0. The molecule has 0 aliphatic heterocycles. The smallest absolute Gasteiger partial charge is 0.293 e. The van der Waals surface area contributed by atoms with Crippen molar-refractivity contribution in [2.75, 3.05) is 13.7 Å². The molecule has 1 aromatic rings. The van der Waals surface area contributed by atoms with E-state index in [1.54, 1.807) is 25.7 Å². The minimum atomic E-state index is 0.431. The fraction of sp³-hybridized carbons (Fsp3) is 0.429. The van der Waals surface area contributed by atoms with E-state index in [-0.39, 0.29) is 0 Å². The first kappa shape index (κ1) is 10.9. The molecule has 0 unspecified atom stereocenters. The van der Waals surface area contributed by atoms with Crippen molar-refractivity contribution in [1.29, 1.82) is 0 Å². The quantitative estimate of drug-likeness (QED) is 0.673. The van der Waals surface area contributed by atoms with Crippen LogP contribution < -0.4 is 4.74 Å². The van der Waals surface area contributed by atoms with Gasteiger partial charge in [0.15, 0.2) is 5.06 Å². The maximum Gasteiger partial charge on any atom is 0.293 e. The van der Waals surface area contributed by atoms with Crippen LogP contribution >= 0.6 is 11.3 Å². The standard InChI is InChI=1S/C4H5NOS.C3H6O2/c1-6-4-2-5-3-7-4;1-2-5-3-4/h2-3H,1H3;3H,2H2,1H3. The number of ether oxygens (including phenoxy) is 2. The van der Waals surface area contributed by atoms with Crippen LogP contribution in [0.25, 0.3) is 0 Å². The van der Waals surface area contributed by atoms with Gasteiger partial charge in [-0.25, -0.2) is 4.98 Å². The molecule has 0 bridgehead atoms. The third kappa shape index (κ3) is 5.67. The highest BCUT2D eigenvalue weighted by molar-refractivity contribution is 7.11. The number of thiazole rings is 1. The van der Waals surface area contributed by atoms with Gasteiger partial charge in [0.05, 0.1) is 25.4 Å². The zero-order chi connectivity index (χ0) is 9.23. The van der Waals surface area contributed by atoms with Crippen molar-refractivity contribution in [1.82, 2.24) is 4.98 Å². The Bertz CT molecular complexity index is 189. The average molecular weight is 189 g/mol. The Morgan fingerprint density at radius 1 is 1.75 bits per heavy atom. The predicted molar refractivity (Wildman–Crippen MR) is 46.4 cm³/mol. The molecule has 1 rings (SSSR count). The van der Waals surface area contributed by atoms with Crippen molar-refractivity contribution in [3.8, 4) is 5.06 Å². The minimum Gasteiger partial charge on any atom is -0.486 e. The molecule has 0 saturated heterocycles. The van der Waals surface area contributed by atoms with Gasteiger partial charge in [-0.1, -0.05) is 11.3 Å². The lowest BCUT2D eigenvalue weighted by Crippen LogP contribution is -1.80. The van der Waals surface area contributed by atoms with Crippen molar-refractivity contribution in [3.05, 3.63) is 11.7 Å². The topological polar surface area (TPSA) is 48.4 Å². The van der Waals surface area contributed by atoms with Crippen molar-refractivity contribution >= 4 is 17.8 Å². The Morgan fingerprint density at radius 3 is 2.67 bits per heavy atom. The molecule has 0 aliphatic carbocycles. The van der Waals surface area contributed by atoms with E-state index in [0.717, 1.165) is 5.06 Å². The van der Waals surface area contributed by atoms with Crippen molar-refractivity contribution in [2.45, 2.75) is 6.92 Å². The average Bonchev–Trinajstić information content (AvgIpc) is 2.58. The normalized spacial score (nSPS) is 7.83. The van der Waals surface area contributed by atoms with E-state index in [9.17, 15) is 4.79 Å². The molecule has 0 spiro atoms. The number of nitrogens with zero attached hydrogens (tertiary/aromatic N) is 1. The number of carbonyl (C=O) groups is 1. The molecule has 0 saturated carbocycles. The second-order valence-corrected chi connectivity index (χ2v) is 2.43. The molecular weight excluding hydrogens is 178 g/mol. The fourth-order valence-corrected chi connectivity index (χ4v) is 0.816. The predicted octanol–water partition coefficient (Wildman–Crippen LogP) is 1.33. The molecule has 4 nitrogen and oxygen atoms in total. The van der Waals surface area contributed by atoms with Crippen LogP contribution in [0.15, 0.2) is 11.7 Å². The fourth-order valence-electron chi connectivity index (χ4n) is 0.373. The van der Waals surface area contributed by atoms with Crippen LogP contribution in [0.5, 0.6) is 5.06 Å². The van der Waals surface area contributed by atoms with E-state index in [4.69, 9.17) is 4.74 Å². The molecular formula is C7H11NO3S. The number of rotatable bonds is 3. The Labute approximate surface area is 75.1 Å². The molecule has 0 fully saturated rings. The van der Waals surface area contributed by atoms with Gasteiger partial charge in [0.2, 0.25) is 0 Å². The van der Waals surface area contributed by atoms with Crippen LogP contribution in [0.4, 0.5) is 0 Å². The maximum absolute atomic E-state index is 9.18. The number of carbonyl (C=O) groups excluding carboxylic acids is 1. The number of methoxy groups -OCH3 is 1. The number of hydrogen-bond donors (Lipinski definition) is 0. The first-order chi connectivity index (χ1) is 5.85. The van der Waals surface area contributed by atoms with E-state index in [1.807, 2.05) is 0 Å². The van der Waals surface area contributed by atoms with Crippen LogP contribution in [-0.4, -0.2) is 25.2 Å². The Kier molecular flexibility index (Phi) is 7.27.